The smallest absolute Gasteiger partial charge is 0.225 e. The molecule has 28 heavy (non-hydrogen) atoms. The lowest BCUT2D eigenvalue weighted by atomic mass is 10.2. The lowest BCUT2D eigenvalue weighted by Crippen LogP contribution is -1.95. The van der Waals surface area contributed by atoms with E-state index in [1.54, 1.807) is 25.8 Å². The van der Waals surface area contributed by atoms with E-state index in [2.05, 4.69) is 9.97 Å². The zero-order valence-electron chi connectivity index (χ0n) is 15.2. The maximum Gasteiger partial charge on any atom is 0.225 e. The summed E-state index contributed by atoms with van der Waals surface area (Å²) in [4.78, 5) is 8.52. The Morgan fingerprint density at radius 3 is 2.43 bits per heavy atom. The normalized spacial score (nSPS) is 11.0. The van der Waals surface area contributed by atoms with E-state index in [1.807, 2.05) is 60.7 Å². The molecular formula is C22H18N2O4. The van der Waals surface area contributed by atoms with Crippen LogP contribution in [0.5, 0.6) is 11.5 Å². The fraction of sp³-hybridized carbons (Fsp3) is 0.0909. The van der Waals surface area contributed by atoms with Crippen LogP contribution >= 0.6 is 0 Å². The van der Waals surface area contributed by atoms with E-state index in [4.69, 9.17) is 18.3 Å². The van der Waals surface area contributed by atoms with Gasteiger partial charge in [-0.1, -0.05) is 12.1 Å². The maximum absolute atomic E-state index is 5.75. The number of nitrogens with zero attached hydrogens (tertiary/aromatic N) is 2. The summed E-state index contributed by atoms with van der Waals surface area (Å²) in [5, 5.41) is 0. The highest BCUT2D eigenvalue weighted by Crippen LogP contribution is 2.21. The quantitative estimate of drug-likeness (QED) is 0.449. The van der Waals surface area contributed by atoms with Gasteiger partial charge >= 0.3 is 0 Å². The average molecular weight is 374 g/mol. The molecule has 0 aliphatic rings. The van der Waals surface area contributed by atoms with Crippen molar-refractivity contribution in [2.24, 2.45) is 0 Å². The zero-order chi connectivity index (χ0) is 19.2. The van der Waals surface area contributed by atoms with Gasteiger partial charge in [0.25, 0.3) is 0 Å². The van der Waals surface area contributed by atoms with Crippen LogP contribution in [0.4, 0.5) is 0 Å². The predicted molar refractivity (Wildman–Crippen MR) is 105 cm³/mol. The molecule has 6 heteroatoms. The van der Waals surface area contributed by atoms with Crippen molar-refractivity contribution in [2.45, 2.75) is 6.61 Å². The van der Waals surface area contributed by atoms with E-state index in [-0.39, 0.29) is 0 Å². The molecule has 0 saturated carbocycles. The van der Waals surface area contributed by atoms with Crippen molar-refractivity contribution in [3.05, 3.63) is 84.4 Å². The summed E-state index contributed by atoms with van der Waals surface area (Å²) < 4.78 is 21.6. The van der Waals surface area contributed by atoms with E-state index in [0.29, 0.717) is 24.1 Å². The number of rotatable bonds is 7. The van der Waals surface area contributed by atoms with Crippen LogP contribution in [0, 0.1) is 0 Å². The van der Waals surface area contributed by atoms with Crippen LogP contribution in [0.2, 0.25) is 0 Å². The summed E-state index contributed by atoms with van der Waals surface area (Å²) in [5.41, 5.74) is 2.64. The molecule has 140 valence electrons. The summed E-state index contributed by atoms with van der Waals surface area (Å²) >= 11 is 0. The maximum atomic E-state index is 5.75. The van der Waals surface area contributed by atoms with Gasteiger partial charge in [0.1, 0.15) is 36.3 Å². The van der Waals surface area contributed by atoms with E-state index in [0.717, 1.165) is 22.6 Å². The summed E-state index contributed by atoms with van der Waals surface area (Å²) in [6.07, 6.45) is 8.50. The highest BCUT2D eigenvalue weighted by atomic mass is 16.5. The number of ether oxygens (including phenoxy) is 2. The van der Waals surface area contributed by atoms with Crippen molar-refractivity contribution in [1.82, 2.24) is 9.97 Å². The minimum Gasteiger partial charge on any atom is -0.497 e. The first-order valence-electron chi connectivity index (χ1n) is 8.69. The van der Waals surface area contributed by atoms with Gasteiger partial charge in [-0.3, -0.25) is 0 Å². The molecule has 0 bridgehead atoms. The Bertz CT molecular complexity index is 1030. The Kier molecular flexibility index (Phi) is 5.20. The van der Waals surface area contributed by atoms with Crippen LogP contribution < -0.4 is 9.47 Å². The molecular weight excluding hydrogens is 356 g/mol. The monoisotopic (exact) mass is 374 g/mol. The third-order valence-corrected chi connectivity index (χ3v) is 4.02. The fourth-order valence-electron chi connectivity index (χ4n) is 2.57. The van der Waals surface area contributed by atoms with Crippen LogP contribution in [-0.4, -0.2) is 17.1 Å². The van der Waals surface area contributed by atoms with Crippen molar-refractivity contribution in [1.29, 1.82) is 0 Å². The molecule has 0 atom stereocenters. The Labute approximate surface area is 162 Å². The first-order chi connectivity index (χ1) is 13.8. The first kappa shape index (κ1) is 17.6. The molecule has 0 amide bonds. The van der Waals surface area contributed by atoms with Gasteiger partial charge in [-0.15, -0.1) is 0 Å². The molecule has 0 N–H and O–H groups in total. The molecule has 0 spiro atoms. The van der Waals surface area contributed by atoms with E-state index >= 15 is 0 Å². The van der Waals surface area contributed by atoms with Gasteiger partial charge in [0.2, 0.25) is 11.8 Å². The number of benzene rings is 2. The minimum absolute atomic E-state index is 0.318. The standard InChI is InChI=1S/C22H18N2O4/c1-25-19-7-2-16(3-8-19)4-11-21-24-18(15-28-21)14-27-20-9-5-17(6-10-20)22-23-12-13-26-22/h2-13,15H,14H2,1H3/b11-4+. The summed E-state index contributed by atoms with van der Waals surface area (Å²) in [7, 11) is 1.64. The first-order valence-corrected chi connectivity index (χ1v) is 8.69. The summed E-state index contributed by atoms with van der Waals surface area (Å²) in [6.45, 7) is 0.318. The topological polar surface area (TPSA) is 70.5 Å². The fourth-order valence-corrected chi connectivity index (χ4v) is 2.57. The second-order valence-electron chi connectivity index (χ2n) is 5.93. The number of hydrogen-bond donors (Lipinski definition) is 0. The molecule has 2 heterocycles. The number of aromatic nitrogens is 2. The minimum atomic E-state index is 0.318. The van der Waals surface area contributed by atoms with Crippen molar-refractivity contribution in [3.63, 3.8) is 0 Å². The van der Waals surface area contributed by atoms with Crippen molar-refractivity contribution in [2.75, 3.05) is 7.11 Å². The molecule has 2 aromatic carbocycles. The lowest BCUT2D eigenvalue weighted by molar-refractivity contribution is 0.301. The lowest BCUT2D eigenvalue weighted by Gasteiger charge is -2.04. The van der Waals surface area contributed by atoms with Crippen LogP contribution in [-0.2, 0) is 6.61 Å². The van der Waals surface area contributed by atoms with Crippen LogP contribution in [0.25, 0.3) is 23.6 Å². The van der Waals surface area contributed by atoms with E-state index in [9.17, 15) is 0 Å². The Balaban J connectivity index is 1.33. The Hall–Kier alpha value is -3.80. The molecule has 0 unspecified atom stereocenters. The second kappa shape index (κ2) is 8.26. The highest BCUT2D eigenvalue weighted by molar-refractivity contribution is 5.66. The van der Waals surface area contributed by atoms with Crippen LogP contribution in [0.15, 0.2) is 76.1 Å². The van der Waals surface area contributed by atoms with Crippen molar-refractivity contribution >= 4 is 12.2 Å². The highest BCUT2D eigenvalue weighted by Gasteiger charge is 2.05. The summed E-state index contributed by atoms with van der Waals surface area (Å²) in [5.74, 6) is 2.65. The molecule has 4 aromatic rings. The van der Waals surface area contributed by atoms with Crippen LogP contribution in [0.1, 0.15) is 17.1 Å². The van der Waals surface area contributed by atoms with Gasteiger partial charge in [0, 0.05) is 11.6 Å². The number of methoxy groups -OCH3 is 1. The van der Waals surface area contributed by atoms with Gasteiger partial charge in [-0.05, 0) is 48.0 Å². The van der Waals surface area contributed by atoms with Gasteiger partial charge in [0.05, 0.1) is 13.3 Å². The van der Waals surface area contributed by atoms with Gasteiger partial charge in [-0.2, -0.15) is 0 Å². The Morgan fingerprint density at radius 2 is 1.71 bits per heavy atom. The van der Waals surface area contributed by atoms with Crippen molar-refractivity contribution in [3.8, 4) is 23.0 Å². The molecule has 0 aliphatic heterocycles. The third-order valence-electron chi connectivity index (χ3n) is 4.02. The molecule has 0 aliphatic carbocycles. The molecule has 0 fully saturated rings. The largest absolute Gasteiger partial charge is 0.497 e. The third kappa shape index (κ3) is 4.29. The predicted octanol–water partition coefficient (Wildman–Crippen LogP) is 5.09. The van der Waals surface area contributed by atoms with E-state index < -0.39 is 0 Å². The van der Waals surface area contributed by atoms with Gasteiger partial charge < -0.3 is 18.3 Å². The van der Waals surface area contributed by atoms with Crippen LogP contribution in [0.3, 0.4) is 0 Å². The number of hydrogen-bond acceptors (Lipinski definition) is 6. The molecule has 0 saturated heterocycles. The van der Waals surface area contributed by atoms with E-state index in [1.165, 1.54) is 0 Å². The zero-order valence-corrected chi connectivity index (χ0v) is 15.2. The average Bonchev–Trinajstić information content (AvgIpc) is 3.44. The summed E-state index contributed by atoms with van der Waals surface area (Å²) in [6, 6.07) is 15.3. The van der Waals surface area contributed by atoms with Gasteiger partial charge in [-0.25, -0.2) is 9.97 Å². The molecule has 2 aromatic heterocycles. The molecule has 4 rings (SSSR count). The van der Waals surface area contributed by atoms with Crippen molar-refractivity contribution < 1.29 is 18.3 Å². The molecule has 0 radical (unpaired) electrons. The van der Waals surface area contributed by atoms with Gasteiger partial charge in [0.15, 0.2) is 0 Å². The second-order valence-corrected chi connectivity index (χ2v) is 5.93. The number of oxazole rings is 2. The Morgan fingerprint density at radius 1 is 0.929 bits per heavy atom. The SMILES string of the molecule is COc1ccc(/C=C/c2nc(COc3ccc(-c4ncco4)cc3)co2)cc1. The molecule has 6 nitrogen and oxygen atoms in total.